The van der Waals surface area contributed by atoms with E-state index in [1.807, 2.05) is 0 Å². The van der Waals surface area contributed by atoms with Crippen LogP contribution in [0.2, 0.25) is 0 Å². The standard InChI is InChI=1S/C9H11F2N3O4S/c1-12-7-3-2-6(14(15)16)4-8(7)19(17,18)13-5-9(10)11/h2-4,9,12-13H,5H2,1H3. The highest BCUT2D eigenvalue weighted by molar-refractivity contribution is 7.89. The number of anilines is 1. The maximum atomic E-state index is 12.0. The molecule has 0 bridgehead atoms. The molecule has 1 aromatic rings. The minimum Gasteiger partial charge on any atom is -0.387 e. The van der Waals surface area contributed by atoms with E-state index < -0.39 is 38.5 Å². The molecule has 2 N–H and O–H groups in total. The second-order valence-corrected chi connectivity index (χ2v) is 5.17. The van der Waals surface area contributed by atoms with E-state index in [9.17, 15) is 27.3 Å². The van der Waals surface area contributed by atoms with Crippen molar-refractivity contribution in [2.45, 2.75) is 11.3 Å². The smallest absolute Gasteiger partial charge is 0.270 e. The van der Waals surface area contributed by atoms with Crippen molar-refractivity contribution in [3.8, 4) is 0 Å². The number of nitrogens with zero attached hydrogens (tertiary/aromatic N) is 1. The first-order valence-corrected chi connectivity index (χ1v) is 6.50. The summed E-state index contributed by atoms with van der Waals surface area (Å²) in [6, 6.07) is 3.10. The average Bonchev–Trinajstić information content (AvgIpc) is 2.35. The largest absolute Gasteiger partial charge is 0.387 e. The van der Waals surface area contributed by atoms with Gasteiger partial charge in [-0.15, -0.1) is 0 Å². The fourth-order valence-electron chi connectivity index (χ4n) is 1.30. The van der Waals surface area contributed by atoms with Gasteiger partial charge in [-0.2, -0.15) is 0 Å². The van der Waals surface area contributed by atoms with Gasteiger partial charge in [0.1, 0.15) is 4.90 Å². The van der Waals surface area contributed by atoms with Crippen LogP contribution >= 0.6 is 0 Å². The van der Waals surface area contributed by atoms with Crippen LogP contribution in [0.1, 0.15) is 0 Å². The second-order valence-electron chi connectivity index (χ2n) is 3.43. The Morgan fingerprint density at radius 2 is 2.05 bits per heavy atom. The first kappa shape index (κ1) is 15.2. The molecule has 0 saturated heterocycles. The zero-order chi connectivity index (χ0) is 14.6. The molecule has 1 rings (SSSR count). The summed E-state index contributed by atoms with van der Waals surface area (Å²) in [4.78, 5) is 9.37. The number of hydrogen-bond donors (Lipinski definition) is 2. The lowest BCUT2D eigenvalue weighted by Gasteiger charge is -2.10. The molecular weight excluding hydrogens is 284 g/mol. The van der Waals surface area contributed by atoms with Crippen LogP contribution in [0, 0.1) is 10.1 Å². The minimum absolute atomic E-state index is 0.0763. The summed E-state index contributed by atoms with van der Waals surface area (Å²) in [5.74, 6) is 0. The Morgan fingerprint density at radius 3 is 2.53 bits per heavy atom. The fraction of sp³-hybridized carbons (Fsp3) is 0.333. The number of hydrogen-bond acceptors (Lipinski definition) is 5. The number of rotatable bonds is 6. The van der Waals surface area contributed by atoms with E-state index in [0.717, 1.165) is 12.1 Å². The van der Waals surface area contributed by atoms with Crippen LogP contribution in [0.5, 0.6) is 0 Å². The van der Waals surface area contributed by atoms with Crippen molar-refractivity contribution in [3.05, 3.63) is 28.3 Å². The number of benzene rings is 1. The molecule has 10 heteroatoms. The molecule has 106 valence electrons. The van der Waals surface area contributed by atoms with Crippen LogP contribution in [0.3, 0.4) is 0 Å². The van der Waals surface area contributed by atoms with Crippen LogP contribution < -0.4 is 10.0 Å². The molecule has 0 aliphatic heterocycles. The molecule has 0 aliphatic rings. The highest BCUT2D eigenvalue weighted by Crippen LogP contribution is 2.25. The van der Waals surface area contributed by atoms with Gasteiger partial charge in [-0.1, -0.05) is 0 Å². The number of nitro groups is 1. The average molecular weight is 295 g/mol. The van der Waals surface area contributed by atoms with E-state index in [-0.39, 0.29) is 5.69 Å². The summed E-state index contributed by atoms with van der Waals surface area (Å²) in [5.41, 5.74) is -0.371. The quantitative estimate of drug-likeness (QED) is 0.606. The minimum atomic E-state index is -4.25. The van der Waals surface area contributed by atoms with Gasteiger partial charge in [0.15, 0.2) is 0 Å². The molecule has 19 heavy (non-hydrogen) atoms. The number of nitro benzene ring substituents is 1. The SMILES string of the molecule is CNc1ccc([N+](=O)[O-])cc1S(=O)(=O)NCC(F)F. The summed E-state index contributed by atoms with van der Waals surface area (Å²) in [6.07, 6.45) is -2.86. The predicted molar refractivity (Wildman–Crippen MR) is 63.8 cm³/mol. The zero-order valence-corrected chi connectivity index (χ0v) is 10.6. The Labute approximate surface area is 107 Å². The van der Waals surface area contributed by atoms with Crippen molar-refractivity contribution >= 4 is 21.4 Å². The Balaban J connectivity index is 3.22. The molecule has 1 aromatic carbocycles. The van der Waals surface area contributed by atoms with Crippen molar-refractivity contribution in [2.24, 2.45) is 0 Å². The van der Waals surface area contributed by atoms with E-state index >= 15 is 0 Å². The highest BCUT2D eigenvalue weighted by atomic mass is 32.2. The van der Waals surface area contributed by atoms with Gasteiger partial charge in [0.05, 0.1) is 17.2 Å². The van der Waals surface area contributed by atoms with Gasteiger partial charge >= 0.3 is 0 Å². The Hall–Kier alpha value is -1.81. The van der Waals surface area contributed by atoms with Crippen LogP contribution in [0.15, 0.2) is 23.1 Å². The van der Waals surface area contributed by atoms with Crippen molar-refractivity contribution < 1.29 is 22.1 Å². The molecule has 0 radical (unpaired) electrons. The summed E-state index contributed by atoms with van der Waals surface area (Å²) < 4.78 is 49.3. The van der Waals surface area contributed by atoms with Gasteiger partial charge in [0.25, 0.3) is 12.1 Å². The molecular formula is C9H11F2N3O4S. The zero-order valence-electron chi connectivity index (χ0n) is 9.76. The predicted octanol–water partition coefficient (Wildman–Crippen LogP) is 1.18. The molecule has 0 saturated carbocycles. The van der Waals surface area contributed by atoms with Crippen LogP contribution in [-0.4, -0.2) is 33.4 Å². The number of sulfonamides is 1. The normalized spacial score (nSPS) is 11.6. The van der Waals surface area contributed by atoms with Gasteiger partial charge in [-0.05, 0) is 6.07 Å². The summed E-state index contributed by atoms with van der Waals surface area (Å²) in [5, 5.41) is 13.1. The Bertz CT molecular complexity index is 577. The molecule has 0 atom stereocenters. The highest BCUT2D eigenvalue weighted by Gasteiger charge is 2.22. The molecule has 7 nitrogen and oxygen atoms in total. The first-order chi connectivity index (χ1) is 8.77. The van der Waals surface area contributed by atoms with Crippen LogP contribution in [0.25, 0.3) is 0 Å². The van der Waals surface area contributed by atoms with Crippen molar-refractivity contribution in [1.82, 2.24) is 4.72 Å². The molecule has 0 amide bonds. The molecule has 0 aromatic heterocycles. The number of halogens is 2. The van der Waals surface area contributed by atoms with Crippen molar-refractivity contribution in [1.29, 1.82) is 0 Å². The molecule has 0 fully saturated rings. The number of alkyl halides is 2. The molecule has 0 unspecified atom stereocenters. The van der Waals surface area contributed by atoms with Gasteiger partial charge in [0.2, 0.25) is 10.0 Å². The third-order valence-electron chi connectivity index (χ3n) is 2.16. The van der Waals surface area contributed by atoms with E-state index in [1.54, 1.807) is 4.72 Å². The van der Waals surface area contributed by atoms with E-state index in [4.69, 9.17) is 0 Å². The lowest BCUT2D eigenvalue weighted by molar-refractivity contribution is -0.385. The third kappa shape index (κ3) is 3.83. The molecule has 0 spiro atoms. The van der Waals surface area contributed by atoms with E-state index in [1.165, 1.54) is 13.1 Å². The first-order valence-electron chi connectivity index (χ1n) is 5.02. The van der Waals surface area contributed by atoms with Gasteiger partial charge in [-0.25, -0.2) is 21.9 Å². The van der Waals surface area contributed by atoms with Crippen LogP contribution in [-0.2, 0) is 10.0 Å². The van der Waals surface area contributed by atoms with E-state index in [0.29, 0.717) is 0 Å². The van der Waals surface area contributed by atoms with Crippen molar-refractivity contribution in [2.75, 3.05) is 18.9 Å². The second kappa shape index (κ2) is 5.89. The van der Waals surface area contributed by atoms with Gasteiger partial charge in [-0.3, -0.25) is 10.1 Å². The van der Waals surface area contributed by atoms with Gasteiger partial charge < -0.3 is 5.32 Å². The molecule has 0 heterocycles. The number of non-ortho nitro benzene ring substituents is 1. The Kier molecular flexibility index (Phi) is 4.72. The van der Waals surface area contributed by atoms with E-state index in [2.05, 4.69) is 5.32 Å². The summed E-state index contributed by atoms with van der Waals surface area (Å²) >= 11 is 0. The molecule has 0 aliphatic carbocycles. The summed E-state index contributed by atoms with van der Waals surface area (Å²) in [7, 11) is -2.84. The van der Waals surface area contributed by atoms with Crippen molar-refractivity contribution in [3.63, 3.8) is 0 Å². The van der Waals surface area contributed by atoms with Gasteiger partial charge in [0, 0.05) is 19.2 Å². The maximum Gasteiger partial charge on any atom is 0.270 e. The monoisotopic (exact) mass is 295 g/mol. The lowest BCUT2D eigenvalue weighted by atomic mass is 10.3. The Morgan fingerprint density at radius 1 is 1.42 bits per heavy atom. The lowest BCUT2D eigenvalue weighted by Crippen LogP contribution is -2.29. The maximum absolute atomic E-state index is 12.0. The topological polar surface area (TPSA) is 101 Å². The fourth-order valence-corrected chi connectivity index (χ4v) is 2.54. The third-order valence-corrected chi connectivity index (χ3v) is 3.63. The number of nitrogens with one attached hydrogen (secondary N) is 2. The van der Waals surface area contributed by atoms with Crippen LogP contribution in [0.4, 0.5) is 20.2 Å². The summed E-state index contributed by atoms with van der Waals surface area (Å²) in [6.45, 7) is -1.06.